The van der Waals surface area contributed by atoms with Gasteiger partial charge in [0, 0.05) is 23.7 Å². The maximum atomic E-state index is 11.8. The minimum Gasteiger partial charge on any atom is -0.423 e. The van der Waals surface area contributed by atoms with E-state index in [0.717, 1.165) is 23.1 Å². The molecule has 0 saturated carbocycles. The van der Waals surface area contributed by atoms with E-state index in [2.05, 4.69) is 37.4 Å². The van der Waals surface area contributed by atoms with Gasteiger partial charge in [-0.05, 0) is 42.7 Å². The standard InChI is InChI=1S/C19H19NO2/c1-3-14-6-9-17-15(11-19(21)22-18(17)10-14)12-20-16-7-4-13(2)5-8-16/h4-11,20H,3,12H2,1-2H3. The molecule has 0 bridgehead atoms. The largest absolute Gasteiger partial charge is 0.423 e. The van der Waals surface area contributed by atoms with Crippen LogP contribution in [0, 0.1) is 6.92 Å². The van der Waals surface area contributed by atoms with Gasteiger partial charge >= 0.3 is 5.63 Å². The molecular formula is C19H19NO2. The summed E-state index contributed by atoms with van der Waals surface area (Å²) in [6, 6.07) is 15.8. The molecule has 0 aliphatic heterocycles. The van der Waals surface area contributed by atoms with Crippen molar-refractivity contribution in [1.29, 1.82) is 0 Å². The Kier molecular flexibility index (Phi) is 3.96. The number of hydrogen-bond acceptors (Lipinski definition) is 3. The van der Waals surface area contributed by atoms with E-state index in [1.165, 1.54) is 11.1 Å². The first kappa shape index (κ1) is 14.4. The van der Waals surface area contributed by atoms with Crippen molar-refractivity contribution in [3.63, 3.8) is 0 Å². The lowest BCUT2D eigenvalue weighted by atomic mass is 10.1. The quantitative estimate of drug-likeness (QED) is 0.730. The van der Waals surface area contributed by atoms with Crippen LogP contribution in [0.2, 0.25) is 0 Å². The van der Waals surface area contributed by atoms with E-state index >= 15 is 0 Å². The van der Waals surface area contributed by atoms with Crippen LogP contribution in [0.25, 0.3) is 11.0 Å². The highest BCUT2D eigenvalue weighted by Gasteiger charge is 2.06. The van der Waals surface area contributed by atoms with Gasteiger partial charge < -0.3 is 9.73 Å². The van der Waals surface area contributed by atoms with Crippen LogP contribution in [0.4, 0.5) is 5.69 Å². The molecule has 22 heavy (non-hydrogen) atoms. The first-order chi connectivity index (χ1) is 10.7. The Balaban J connectivity index is 1.92. The minimum atomic E-state index is -0.304. The molecule has 0 radical (unpaired) electrons. The molecule has 0 spiro atoms. The van der Waals surface area contributed by atoms with Crippen molar-refractivity contribution in [2.24, 2.45) is 0 Å². The van der Waals surface area contributed by atoms with E-state index in [1.54, 1.807) is 6.07 Å². The summed E-state index contributed by atoms with van der Waals surface area (Å²) in [6.07, 6.45) is 0.922. The fraction of sp³-hybridized carbons (Fsp3) is 0.211. The first-order valence-electron chi connectivity index (χ1n) is 7.52. The van der Waals surface area contributed by atoms with E-state index in [-0.39, 0.29) is 5.63 Å². The van der Waals surface area contributed by atoms with Crippen LogP contribution >= 0.6 is 0 Å². The summed E-state index contributed by atoms with van der Waals surface area (Å²) in [5.74, 6) is 0. The van der Waals surface area contributed by atoms with E-state index in [9.17, 15) is 4.79 Å². The summed E-state index contributed by atoms with van der Waals surface area (Å²) >= 11 is 0. The molecule has 0 atom stereocenters. The summed E-state index contributed by atoms with van der Waals surface area (Å²) in [7, 11) is 0. The molecule has 3 rings (SSSR count). The summed E-state index contributed by atoms with van der Waals surface area (Å²) in [5, 5.41) is 4.34. The zero-order chi connectivity index (χ0) is 15.5. The van der Waals surface area contributed by atoms with Crippen LogP contribution in [0.3, 0.4) is 0 Å². The third kappa shape index (κ3) is 3.03. The summed E-state index contributed by atoms with van der Waals surface area (Å²) in [4.78, 5) is 11.8. The highest BCUT2D eigenvalue weighted by molar-refractivity contribution is 5.81. The van der Waals surface area contributed by atoms with Gasteiger partial charge in [-0.15, -0.1) is 0 Å². The second kappa shape index (κ2) is 6.06. The van der Waals surface area contributed by atoms with Crippen molar-refractivity contribution < 1.29 is 4.42 Å². The smallest absolute Gasteiger partial charge is 0.336 e. The monoisotopic (exact) mass is 293 g/mol. The Hall–Kier alpha value is -2.55. The van der Waals surface area contributed by atoms with Gasteiger partial charge in [0.05, 0.1) is 0 Å². The predicted octanol–water partition coefficient (Wildman–Crippen LogP) is 4.28. The van der Waals surface area contributed by atoms with Crippen molar-refractivity contribution in [2.75, 3.05) is 5.32 Å². The predicted molar refractivity (Wildman–Crippen MR) is 90.4 cm³/mol. The van der Waals surface area contributed by atoms with Crippen molar-refractivity contribution in [3.8, 4) is 0 Å². The second-order valence-electron chi connectivity index (χ2n) is 5.49. The molecule has 3 heteroatoms. The Bertz CT molecular complexity index is 847. The zero-order valence-electron chi connectivity index (χ0n) is 12.8. The third-order valence-corrected chi connectivity index (χ3v) is 3.84. The first-order valence-corrected chi connectivity index (χ1v) is 7.52. The van der Waals surface area contributed by atoms with Gasteiger partial charge in [0.2, 0.25) is 0 Å². The fourth-order valence-corrected chi connectivity index (χ4v) is 2.51. The highest BCUT2D eigenvalue weighted by atomic mass is 16.4. The molecule has 1 aromatic heterocycles. The molecule has 0 amide bonds. The molecule has 0 aliphatic rings. The molecule has 0 fully saturated rings. The van der Waals surface area contributed by atoms with E-state index in [0.29, 0.717) is 12.1 Å². The van der Waals surface area contributed by atoms with Gasteiger partial charge in [-0.2, -0.15) is 0 Å². The Morgan fingerprint density at radius 3 is 2.55 bits per heavy atom. The number of anilines is 1. The summed E-state index contributed by atoms with van der Waals surface area (Å²) in [5.41, 5.74) is 4.74. The molecule has 0 aliphatic carbocycles. The lowest BCUT2D eigenvalue weighted by molar-refractivity contribution is 0.559. The number of nitrogens with one attached hydrogen (secondary N) is 1. The van der Waals surface area contributed by atoms with Gasteiger partial charge in [-0.25, -0.2) is 4.79 Å². The average molecular weight is 293 g/mol. The normalized spacial score (nSPS) is 10.8. The van der Waals surface area contributed by atoms with Crippen molar-refractivity contribution in [3.05, 3.63) is 75.6 Å². The highest BCUT2D eigenvalue weighted by Crippen LogP contribution is 2.20. The Labute approximate surface area is 129 Å². The zero-order valence-corrected chi connectivity index (χ0v) is 12.8. The number of benzene rings is 2. The third-order valence-electron chi connectivity index (χ3n) is 3.84. The van der Waals surface area contributed by atoms with E-state index in [1.807, 2.05) is 24.3 Å². The minimum absolute atomic E-state index is 0.304. The van der Waals surface area contributed by atoms with Crippen molar-refractivity contribution in [1.82, 2.24) is 0 Å². The van der Waals surface area contributed by atoms with Crippen LogP contribution in [0.15, 0.2) is 57.7 Å². The lowest BCUT2D eigenvalue weighted by Crippen LogP contribution is -2.06. The van der Waals surface area contributed by atoms with Crippen LogP contribution in [0.5, 0.6) is 0 Å². The molecule has 1 heterocycles. The van der Waals surface area contributed by atoms with Crippen molar-refractivity contribution in [2.45, 2.75) is 26.8 Å². The van der Waals surface area contributed by atoms with Crippen LogP contribution in [-0.2, 0) is 13.0 Å². The molecule has 0 unspecified atom stereocenters. The number of hydrogen-bond donors (Lipinski definition) is 1. The maximum Gasteiger partial charge on any atom is 0.336 e. The Morgan fingerprint density at radius 2 is 1.82 bits per heavy atom. The van der Waals surface area contributed by atoms with Crippen molar-refractivity contribution >= 4 is 16.7 Å². The summed E-state index contributed by atoms with van der Waals surface area (Å²) < 4.78 is 5.33. The van der Waals surface area contributed by atoms with Crippen LogP contribution in [0.1, 0.15) is 23.6 Å². The molecule has 112 valence electrons. The number of fused-ring (bicyclic) bond motifs is 1. The van der Waals surface area contributed by atoms with Gasteiger partial charge in [-0.3, -0.25) is 0 Å². The van der Waals surface area contributed by atoms with Gasteiger partial charge in [-0.1, -0.05) is 36.8 Å². The molecule has 3 aromatic rings. The SMILES string of the molecule is CCc1ccc2c(CNc3ccc(C)cc3)cc(=O)oc2c1. The Morgan fingerprint density at radius 1 is 1.05 bits per heavy atom. The lowest BCUT2D eigenvalue weighted by Gasteiger charge is -2.09. The van der Waals surface area contributed by atoms with E-state index in [4.69, 9.17) is 4.42 Å². The van der Waals surface area contributed by atoms with E-state index < -0.39 is 0 Å². The topological polar surface area (TPSA) is 42.2 Å². The van der Waals surface area contributed by atoms with Crippen LogP contribution < -0.4 is 10.9 Å². The molecule has 1 N–H and O–H groups in total. The molecule has 3 nitrogen and oxygen atoms in total. The van der Waals surface area contributed by atoms with Gasteiger partial charge in [0.15, 0.2) is 0 Å². The van der Waals surface area contributed by atoms with Gasteiger partial charge in [0.1, 0.15) is 5.58 Å². The molecular weight excluding hydrogens is 274 g/mol. The number of rotatable bonds is 4. The van der Waals surface area contributed by atoms with Crippen LogP contribution in [-0.4, -0.2) is 0 Å². The second-order valence-corrected chi connectivity index (χ2v) is 5.49. The maximum absolute atomic E-state index is 11.8. The fourth-order valence-electron chi connectivity index (χ4n) is 2.51. The molecule has 0 saturated heterocycles. The summed E-state index contributed by atoms with van der Waals surface area (Å²) in [6.45, 7) is 4.74. The molecule has 2 aromatic carbocycles. The van der Waals surface area contributed by atoms with Gasteiger partial charge in [0.25, 0.3) is 0 Å². The average Bonchev–Trinajstić information content (AvgIpc) is 2.53. The number of aryl methyl sites for hydroxylation is 2.